The summed E-state index contributed by atoms with van der Waals surface area (Å²) in [6, 6.07) is 6.46. The predicted molar refractivity (Wildman–Crippen MR) is 82.3 cm³/mol. The number of aromatic nitrogens is 4. The predicted octanol–water partition coefficient (Wildman–Crippen LogP) is 0.713. The van der Waals surface area contributed by atoms with Crippen molar-refractivity contribution in [2.75, 3.05) is 19.5 Å². The number of rotatable bonds is 4. The van der Waals surface area contributed by atoms with Crippen LogP contribution in [0, 0.1) is 0 Å². The van der Waals surface area contributed by atoms with Gasteiger partial charge in [0.1, 0.15) is 17.5 Å². The van der Waals surface area contributed by atoms with Crippen molar-refractivity contribution in [1.29, 1.82) is 0 Å². The van der Waals surface area contributed by atoms with Gasteiger partial charge in [-0.25, -0.2) is 4.79 Å². The molecule has 0 fully saturated rings. The number of tetrazole rings is 1. The Morgan fingerprint density at radius 2 is 1.92 bits per heavy atom. The molecule has 1 N–H and O–H groups in total. The van der Waals surface area contributed by atoms with Gasteiger partial charge in [0.25, 0.3) is 0 Å². The van der Waals surface area contributed by atoms with Gasteiger partial charge in [0.2, 0.25) is 5.95 Å². The number of allylic oxidation sites excluding steroid dienone is 1. The molecule has 9 nitrogen and oxygen atoms in total. The second kappa shape index (κ2) is 6.11. The van der Waals surface area contributed by atoms with Crippen LogP contribution in [0.5, 0.6) is 5.75 Å². The smallest absolute Gasteiger partial charge is 0.355 e. The Labute approximate surface area is 137 Å². The number of fused-ring (bicyclic) bond motifs is 1. The second-order valence-corrected chi connectivity index (χ2v) is 5.08. The molecule has 1 aromatic carbocycles. The van der Waals surface area contributed by atoms with Crippen LogP contribution >= 0.6 is 0 Å². The third-order valence-corrected chi connectivity index (χ3v) is 3.72. The number of nitrogens with zero attached hydrogens (tertiary/aromatic N) is 4. The van der Waals surface area contributed by atoms with E-state index in [1.54, 1.807) is 31.4 Å². The lowest BCUT2D eigenvalue weighted by Crippen LogP contribution is -2.32. The molecule has 1 atom stereocenters. The van der Waals surface area contributed by atoms with Gasteiger partial charge in [-0.15, -0.1) is 0 Å². The fraction of sp³-hybridized carbons (Fsp3) is 0.267. The molecule has 1 aromatic heterocycles. The highest BCUT2D eigenvalue weighted by Crippen LogP contribution is 2.35. The van der Waals surface area contributed by atoms with Crippen LogP contribution in [0.1, 0.15) is 18.5 Å². The quantitative estimate of drug-likeness (QED) is 0.817. The average molecular weight is 329 g/mol. The Kier molecular flexibility index (Phi) is 3.98. The number of ketones is 1. The molecule has 2 aromatic rings. The molecular formula is C15H15N5O4. The summed E-state index contributed by atoms with van der Waals surface area (Å²) in [6.07, 6.45) is 0. The zero-order valence-electron chi connectivity index (χ0n) is 13.3. The summed E-state index contributed by atoms with van der Waals surface area (Å²) in [5.41, 5.74) is 0.998. The Morgan fingerprint density at radius 3 is 2.50 bits per heavy atom. The number of esters is 1. The first-order valence-electron chi connectivity index (χ1n) is 7.09. The van der Waals surface area contributed by atoms with Gasteiger partial charge >= 0.3 is 5.97 Å². The first-order chi connectivity index (χ1) is 11.6. The largest absolute Gasteiger partial charge is 0.497 e. The number of hydrogen-bond acceptors (Lipinski definition) is 8. The molecule has 124 valence electrons. The number of ether oxygens (including phenoxy) is 2. The van der Waals surface area contributed by atoms with Crippen LogP contribution in [0.15, 0.2) is 35.5 Å². The van der Waals surface area contributed by atoms with Gasteiger partial charge in [0.05, 0.1) is 19.8 Å². The first-order valence-corrected chi connectivity index (χ1v) is 7.09. The first kappa shape index (κ1) is 15.7. The van der Waals surface area contributed by atoms with Gasteiger partial charge in [-0.3, -0.25) is 4.79 Å². The molecule has 24 heavy (non-hydrogen) atoms. The molecule has 1 aliphatic rings. The van der Waals surface area contributed by atoms with Gasteiger partial charge in [-0.1, -0.05) is 17.2 Å². The van der Waals surface area contributed by atoms with Crippen molar-refractivity contribution in [3.8, 4) is 5.75 Å². The molecule has 0 saturated heterocycles. The van der Waals surface area contributed by atoms with Crippen LogP contribution in [-0.4, -0.2) is 46.2 Å². The van der Waals surface area contributed by atoms with E-state index in [0.29, 0.717) is 5.75 Å². The highest BCUT2D eigenvalue weighted by molar-refractivity contribution is 6.05. The molecule has 0 bridgehead atoms. The van der Waals surface area contributed by atoms with Crippen LogP contribution in [-0.2, 0) is 14.3 Å². The van der Waals surface area contributed by atoms with Crippen molar-refractivity contribution in [3.05, 3.63) is 41.1 Å². The molecule has 0 unspecified atom stereocenters. The Morgan fingerprint density at radius 1 is 1.21 bits per heavy atom. The molecule has 0 saturated carbocycles. The number of Topliss-reactive ketones (excluding diaryl/α,β-unsaturated/α-hetero) is 1. The maximum Gasteiger partial charge on any atom is 0.355 e. The molecule has 0 amide bonds. The number of methoxy groups -OCH3 is 2. The minimum Gasteiger partial charge on any atom is -0.497 e. The van der Waals surface area contributed by atoms with Crippen LogP contribution in [0.3, 0.4) is 0 Å². The average Bonchev–Trinajstić information content (AvgIpc) is 3.07. The van der Waals surface area contributed by atoms with E-state index < -0.39 is 12.0 Å². The third-order valence-electron chi connectivity index (χ3n) is 3.72. The molecule has 2 heterocycles. The van der Waals surface area contributed by atoms with Gasteiger partial charge in [0.15, 0.2) is 5.78 Å². The van der Waals surface area contributed by atoms with E-state index in [1.807, 2.05) is 0 Å². The summed E-state index contributed by atoms with van der Waals surface area (Å²) in [6.45, 7) is 1.38. The van der Waals surface area contributed by atoms with Crippen molar-refractivity contribution in [3.63, 3.8) is 0 Å². The third kappa shape index (κ3) is 2.49. The molecule has 9 heteroatoms. The number of carbonyl (C=O) groups excluding carboxylic acids is 2. The summed E-state index contributed by atoms with van der Waals surface area (Å²) in [7, 11) is 2.81. The van der Waals surface area contributed by atoms with Crippen molar-refractivity contribution in [2.45, 2.75) is 13.0 Å². The van der Waals surface area contributed by atoms with E-state index in [-0.39, 0.29) is 23.0 Å². The lowest BCUT2D eigenvalue weighted by Gasteiger charge is -2.27. The lowest BCUT2D eigenvalue weighted by molar-refractivity contribution is -0.136. The molecule has 0 aliphatic carbocycles. The number of hydrogen-bond donors (Lipinski definition) is 1. The highest BCUT2D eigenvalue weighted by Gasteiger charge is 2.36. The Bertz CT molecular complexity index is 825. The zero-order chi connectivity index (χ0) is 17.3. The van der Waals surface area contributed by atoms with Crippen molar-refractivity contribution in [2.24, 2.45) is 0 Å². The standard InChI is InChI=1S/C15H15N5O4/c1-8(21)11-12(14(22)24-3)16-15-17-18-19-20(15)13(11)9-4-6-10(23-2)7-5-9/h4-7,13H,1-3H3,(H,16,17,19)/t13-/m0/s1. The molecule has 0 spiro atoms. The molecule has 3 rings (SSSR count). The van der Waals surface area contributed by atoms with E-state index in [4.69, 9.17) is 9.47 Å². The van der Waals surface area contributed by atoms with E-state index in [0.717, 1.165) is 5.56 Å². The lowest BCUT2D eigenvalue weighted by atomic mass is 9.93. The van der Waals surface area contributed by atoms with E-state index in [9.17, 15) is 9.59 Å². The molecule has 1 aliphatic heterocycles. The SMILES string of the molecule is COC(=O)C1=C(C(C)=O)[C@H](c2ccc(OC)cc2)n2nnnc2N1. The molecule has 0 radical (unpaired) electrons. The number of carbonyl (C=O) groups is 2. The van der Waals surface area contributed by atoms with Gasteiger partial charge in [-0.2, -0.15) is 4.68 Å². The highest BCUT2D eigenvalue weighted by atomic mass is 16.5. The number of benzene rings is 1. The van der Waals surface area contributed by atoms with E-state index in [1.165, 1.54) is 18.7 Å². The summed E-state index contributed by atoms with van der Waals surface area (Å²) < 4.78 is 11.4. The number of anilines is 1. The van der Waals surface area contributed by atoms with Crippen molar-refractivity contribution >= 4 is 17.7 Å². The number of nitrogens with one attached hydrogen (secondary N) is 1. The summed E-state index contributed by atoms with van der Waals surface area (Å²) in [5, 5.41) is 14.2. The van der Waals surface area contributed by atoms with Crippen LogP contribution in [0.4, 0.5) is 5.95 Å². The maximum atomic E-state index is 12.3. The van der Waals surface area contributed by atoms with Gasteiger partial charge < -0.3 is 14.8 Å². The Hall–Kier alpha value is -3.23. The monoisotopic (exact) mass is 329 g/mol. The maximum absolute atomic E-state index is 12.3. The van der Waals surface area contributed by atoms with Crippen LogP contribution in [0.25, 0.3) is 0 Å². The van der Waals surface area contributed by atoms with Crippen molar-refractivity contribution in [1.82, 2.24) is 20.2 Å². The Balaban J connectivity index is 2.20. The van der Waals surface area contributed by atoms with Gasteiger partial charge in [0, 0.05) is 0 Å². The molecular weight excluding hydrogens is 314 g/mol. The van der Waals surface area contributed by atoms with E-state index in [2.05, 4.69) is 20.8 Å². The van der Waals surface area contributed by atoms with Crippen LogP contribution in [0.2, 0.25) is 0 Å². The topological polar surface area (TPSA) is 108 Å². The van der Waals surface area contributed by atoms with Crippen molar-refractivity contribution < 1.29 is 19.1 Å². The van der Waals surface area contributed by atoms with Crippen LogP contribution < -0.4 is 10.1 Å². The minimum absolute atomic E-state index is 0.0353. The normalized spacial score (nSPS) is 16.2. The fourth-order valence-electron chi connectivity index (χ4n) is 2.61. The van der Waals surface area contributed by atoms with Gasteiger partial charge in [-0.05, 0) is 35.0 Å². The summed E-state index contributed by atoms with van der Waals surface area (Å²) in [5.74, 6) is -0.0229. The second-order valence-electron chi connectivity index (χ2n) is 5.08. The summed E-state index contributed by atoms with van der Waals surface area (Å²) in [4.78, 5) is 24.4. The fourth-order valence-corrected chi connectivity index (χ4v) is 2.61. The zero-order valence-corrected chi connectivity index (χ0v) is 13.3. The minimum atomic E-state index is -0.659. The summed E-state index contributed by atoms with van der Waals surface area (Å²) >= 11 is 0. The van der Waals surface area contributed by atoms with E-state index >= 15 is 0 Å².